The molecule has 100 valence electrons. The number of aryl methyl sites for hydroxylation is 1. The molecule has 19 heavy (non-hydrogen) atoms. The smallest absolute Gasteiger partial charge is 0.111 e. The Labute approximate surface area is 118 Å². The molecule has 2 aromatic heterocycles. The minimum atomic E-state index is 0.581. The number of hydrogen-bond acceptors (Lipinski definition) is 2. The van der Waals surface area contributed by atoms with Gasteiger partial charge in [-0.05, 0) is 43.1 Å². The predicted octanol–water partition coefficient (Wildman–Crippen LogP) is 3.40. The summed E-state index contributed by atoms with van der Waals surface area (Å²) in [6, 6.07) is 2.09. The summed E-state index contributed by atoms with van der Waals surface area (Å²) in [4.78, 5) is 8.89. The third kappa shape index (κ3) is 1.95. The van der Waals surface area contributed by atoms with Gasteiger partial charge in [-0.3, -0.25) is 4.98 Å². The van der Waals surface area contributed by atoms with Crippen LogP contribution in [0.25, 0.3) is 11.0 Å². The van der Waals surface area contributed by atoms with E-state index in [1.54, 1.807) is 0 Å². The van der Waals surface area contributed by atoms with Crippen LogP contribution >= 0.6 is 11.6 Å². The maximum absolute atomic E-state index is 5.93. The Hall–Kier alpha value is -1.09. The van der Waals surface area contributed by atoms with Gasteiger partial charge in [0.25, 0.3) is 0 Å². The van der Waals surface area contributed by atoms with E-state index in [0.29, 0.717) is 11.3 Å². The van der Waals surface area contributed by atoms with Gasteiger partial charge in [-0.15, -0.1) is 11.6 Å². The van der Waals surface area contributed by atoms with Crippen molar-refractivity contribution in [3.8, 4) is 0 Å². The Balaban J connectivity index is 1.75. The predicted molar refractivity (Wildman–Crippen MR) is 76.3 cm³/mol. The van der Waals surface area contributed by atoms with Crippen molar-refractivity contribution < 1.29 is 0 Å². The Morgan fingerprint density at radius 2 is 2.21 bits per heavy atom. The number of alkyl halides is 1. The fraction of sp³-hybridized carbons (Fsp3) is 0.600. The lowest BCUT2D eigenvalue weighted by molar-refractivity contribution is 0.369. The second kappa shape index (κ2) is 4.20. The number of nitrogens with zero attached hydrogens (tertiary/aromatic N) is 3. The van der Waals surface area contributed by atoms with Gasteiger partial charge < -0.3 is 4.57 Å². The molecule has 0 spiro atoms. The quantitative estimate of drug-likeness (QED) is 0.783. The van der Waals surface area contributed by atoms with Gasteiger partial charge >= 0.3 is 0 Å². The van der Waals surface area contributed by atoms with Crippen molar-refractivity contribution in [3.05, 3.63) is 24.3 Å². The van der Waals surface area contributed by atoms with Gasteiger partial charge in [-0.1, -0.05) is 0 Å². The zero-order valence-corrected chi connectivity index (χ0v) is 11.7. The fourth-order valence-corrected chi connectivity index (χ4v) is 3.52. The summed E-state index contributed by atoms with van der Waals surface area (Å²) in [5.41, 5.74) is 2.81. The molecule has 0 N–H and O–H groups in total. The normalized spacial score (nSPS) is 20.9. The van der Waals surface area contributed by atoms with Crippen LogP contribution in [0.1, 0.15) is 31.5 Å². The summed E-state index contributed by atoms with van der Waals surface area (Å²) in [6.45, 7) is 1.13. The first-order valence-corrected chi connectivity index (χ1v) is 7.71. The Kier molecular flexibility index (Phi) is 2.59. The number of fused-ring (bicyclic) bond motifs is 1. The average molecular weight is 276 g/mol. The van der Waals surface area contributed by atoms with E-state index in [4.69, 9.17) is 16.6 Å². The molecule has 2 saturated carbocycles. The second-order valence-electron chi connectivity index (χ2n) is 6.05. The third-order valence-electron chi connectivity index (χ3n) is 4.76. The van der Waals surface area contributed by atoms with Crippen LogP contribution in [-0.4, -0.2) is 20.4 Å². The van der Waals surface area contributed by atoms with E-state index >= 15 is 0 Å². The SMILES string of the molecule is ClCCc1nc2cnccc2n1CC1(C2CC2)CC1. The Bertz CT molecular complexity index is 611. The number of imidazole rings is 1. The number of rotatable bonds is 5. The van der Waals surface area contributed by atoms with Crippen LogP contribution in [0, 0.1) is 11.3 Å². The molecule has 0 bridgehead atoms. The third-order valence-corrected chi connectivity index (χ3v) is 4.95. The second-order valence-corrected chi connectivity index (χ2v) is 6.43. The summed E-state index contributed by atoms with van der Waals surface area (Å²) >= 11 is 5.93. The maximum Gasteiger partial charge on any atom is 0.111 e. The standard InChI is InChI=1S/C15H18ClN3/c16-7-3-14-18-12-9-17-8-4-13(12)19(14)10-15(5-6-15)11-1-2-11/h4,8-9,11H,1-3,5-7,10H2. The number of aromatic nitrogens is 3. The van der Waals surface area contributed by atoms with Gasteiger partial charge in [-0.25, -0.2) is 4.98 Å². The van der Waals surface area contributed by atoms with Crippen LogP contribution in [0.5, 0.6) is 0 Å². The molecule has 0 atom stereocenters. The van der Waals surface area contributed by atoms with Crippen LogP contribution < -0.4 is 0 Å². The highest BCUT2D eigenvalue weighted by Crippen LogP contribution is 2.62. The van der Waals surface area contributed by atoms with E-state index in [9.17, 15) is 0 Å². The highest BCUT2D eigenvalue weighted by atomic mass is 35.5. The van der Waals surface area contributed by atoms with E-state index in [0.717, 1.165) is 30.2 Å². The topological polar surface area (TPSA) is 30.7 Å². The number of pyridine rings is 1. The van der Waals surface area contributed by atoms with E-state index in [1.807, 2.05) is 12.4 Å². The Morgan fingerprint density at radius 1 is 1.37 bits per heavy atom. The van der Waals surface area contributed by atoms with Crippen molar-refractivity contribution in [3.63, 3.8) is 0 Å². The van der Waals surface area contributed by atoms with Gasteiger partial charge in [-0.2, -0.15) is 0 Å². The summed E-state index contributed by atoms with van der Waals surface area (Å²) in [6.07, 6.45) is 10.2. The zero-order valence-electron chi connectivity index (χ0n) is 11.0. The van der Waals surface area contributed by atoms with E-state index in [-0.39, 0.29) is 0 Å². The highest BCUT2D eigenvalue weighted by molar-refractivity contribution is 6.17. The van der Waals surface area contributed by atoms with Crippen molar-refractivity contribution in [1.29, 1.82) is 0 Å². The summed E-state index contributed by atoms with van der Waals surface area (Å²) < 4.78 is 2.41. The fourth-order valence-electron chi connectivity index (χ4n) is 3.35. The molecule has 0 aliphatic heterocycles. The number of halogens is 1. The van der Waals surface area contributed by atoms with Crippen molar-refractivity contribution in [2.24, 2.45) is 11.3 Å². The molecule has 0 aromatic carbocycles. The molecule has 3 nitrogen and oxygen atoms in total. The lowest BCUT2D eigenvalue weighted by atomic mass is 10.0. The molecule has 2 aromatic rings. The molecule has 2 aliphatic rings. The molecule has 4 heteroatoms. The maximum atomic E-state index is 5.93. The van der Waals surface area contributed by atoms with Crippen LogP contribution in [-0.2, 0) is 13.0 Å². The molecule has 2 fully saturated rings. The molecule has 2 heterocycles. The van der Waals surface area contributed by atoms with Gasteiger partial charge in [0, 0.05) is 25.0 Å². The molecular weight excluding hydrogens is 258 g/mol. The largest absolute Gasteiger partial charge is 0.327 e. The highest BCUT2D eigenvalue weighted by Gasteiger charge is 2.54. The summed E-state index contributed by atoms with van der Waals surface area (Å²) in [5, 5.41) is 0. The molecule has 2 aliphatic carbocycles. The van der Waals surface area contributed by atoms with Gasteiger partial charge in [0.15, 0.2) is 0 Å². The van der Waals surface area contributed by atoms with Gasteiger partial charge in [0.1, 0.15) is 11.3 Å². The van der Waals surface area contributed by atoms with Crippen molar-refractivity contribution in [2.45, 2.75) is 38.6 Å². The lowest BCUT2D eigenvalue weighted by Crippen LogP contribution is -2.16. The van der Waals surface area contributed by atoms with Crippen molar-refractivity contribution in [2.75, 3.05) is 5.88 Å². The van der Waals surface area contributed by atoms with Crippen LogP contribution in [0.3, 0.4) is 0 Å². The first-order valence-electron chi connectivity index (χ1n) is 7.17. The van der Waals surface area contributed by atoms with Crippen LogP contribution in [0.15, 0.2) is 18.5 Å². The van der Waals surface area contributed by atoms with Crippen LogP contribution in [0.2, 0.25) is 0 Å². The van der Waals surface area contributed by atoms with Gasteiger partial charge in [0.2, 0.25) is 0 Å². The minimum absolute atomic E-state index is 0.581. The first kappa shape index (κ1) is 11.7. The molecule has 4 rings (SSSR count). The number of hydrogen-bond donors (Lipinski definition) is 0. The van der Waals surface area contributed by atoms with E-state index < -0.39 is 0 Å². The van der Waals surface area contributed by atoms with Gasteiger partial charge in [0.05, 0.1) is 11.7 Å². The molecule has 0 radical (unpaired) electrons. The monoisotopic (exact) mass is 275 g/mol. The Morgan fingerprint density at radius 3 is 2.89 bits per heavy atom. The average Bonchev–Trinajstić information content (AvgIpc) is 3.30. The summed E-state index contributed by atoms with van der Waals surface area (Å²) in [7, 11) is 0. The first-order chi connectivity index (χ1) is 9.32. The summed E-state index contributed by atoms with van der Waals surface area (Å²) in [5.74, 6) is 2.73. The van der Waals surface area contributed by atoms with E-state index in [1.165, 1.54) is 31.2 Å². The molecule has 0 amide bonds. The van der Waals surface area contributed by atoms with Crippen LogP contribution in [0.4, 0.5) is 0 Å². The molecule has 0 saturated heterocycles. The molecular formula is C15H18ClN3. The van der Waals surface area contributed by atoms with Crippen molar-refractivity contribution in [1.82, 2.24) is 14.5 Å². The lowest BCUT2D eigenvalue weighted by Gasteiger charge is -2.17. The molecule has 0 unspecified atom stereocenters. The van der Waals surface area contributed by atoms with Crippen molar-refractivity contribution >= 4 is 22.6 Å². The van der Waals surface area contributed by atoms with E-state index in [2.05, 4.69) is 15.6 Å². The zero-order chi connectivity index (χ0) is 12.9. The minimum Gasteiger partial charge on any atom is -0.327 e.